The highest BCUT2D eigenvalue weighted by molar-refractivity contribution is 5.86. The van der Waals surface area contributed by atoms with Crippen molar-refractivity contribution < 1.29 is 24.2 Å². The Labute approximate surface area is 176 Å². The number of carbonyl (C=O) groups is 3. The maximum Gasteiger partial charge on any atom is 0.407 e. The Morgan fingerprint density at radius 1 is 0.967 bits per heavy atom. The summed E-state index contributed by atoms with van der Waals surface area (Å²) in [5.74, 6) is -1.75. The van der Waals surface area contributed by atoms with Crippen LogP contribution in [0.1, 0.15) is 37.5 Å². The number of carboxylic acids is 1. The molecule has 0 saturated carbocycles. The first-order valence-corrected chi connectivity index (χ1v) is 9.71. The number of alkyl carbamates (subject to hydrolysis) is 1. The van der Waals surface area contributed by atoms with Gasteiger partial charge in [0, 0.05) is 6.42 Å². The number of hydrogen-bond acceptors (Lipinski definition) is 4. The van der Waals surface area contributed by atoms with Crippen molar-refractivity contribution in [2.75, 3.05) is 6.54 Å². The number of rotatable bonds is 8. The molecule has 0 saturated heterocycles. The molecule has 1 atom stereocenters. The van der Waals surface area contributed by atoms with Crippen molar-refractivity contribution >= 4 is 18.0 Å². The fourth-order valence-corrected chi connectivity index (χ4v) is 2.75. The minimum absolute atomic E-state index is 0.000264. The summed E-state index contributed by atoms with van der Waals surface area (Å²) in [6, 6.07) is 15.7. The molecule has 2 rings (SSSR count). The maximum absolute atomic E-state index is 12.1. The molecule has 30 heavy (non-hydrogen) atoms. The van der Waals surface area contributed by atoms with Gasteiger partial charge in [-0.2, -0.15) is 0 Å². The van der Waals surface area contributed by atoms with Crippen LogP contribution >= 0.6 is 0 Å². The van der Waals surface area contributed by atoms with Crippen LogP contribution in [0.3, 0.4) is 0 Å². The molecular weight excluding hydrogens is 384 g/mol. The molecule has 0 aromatic heterocycles. The first kappa shape index (κ1) is 22.9. The van der Waals surface area contributed by atoms with Crippen LogP contribution in [0, 0.1) is 0 Å². The van der Waals surface area contributed by atoms with Gasteiger partial charge in [-0.15, -0.1) is 0 Å². The first-order chi connectivity index (χ1) is 14.1. The summed E-state index contributed by atoms with van der Waals surface area (Å²) in [4.78, 5) is 35.3. The highest BCUT2D eigenvalue weighted by atomic mass is 16.5. The summed E-state index contributed by atoms with van der Waals surface area (Å²) in [5, 5.41) is 14.2. The van der Waals surface area contributed by atoms with E-state index in [9.17, 15) is 19.5 Å². The van der Waals surface area contributed by atoms with Gasteiger partial charge in [-0.3, -0.25) is 4.79 Å². The van der Waals surface area contributed by atoms with Crippen LogP contribution in [-0.4, -0.2) is 35.7 Å². The van der Waals surface area contributed by atoms with Crippen molar-refractivity contribution in [2.24, 2.45) is 0 Å². The van der Waals surface area contributed by atoms with Crippen LogP contribution in [0.2, 0.25) is 0 Å². The molecule has 3 N–H and O–H groups in total. The van der Waals surface area contributed by atoms with Crippen molar-refractivity contribution in [1.82, 2.24) is 10.6 Å². The van der Waals surface area contributed by atoms with E-state index >= 15 is 0 Å². The summed E-state index contributed by atoms with van der Waals surface area (Å²) in [5.41, 5.74) is 2.76. The molecule has 0 aliphatic carbocycles. The molecule has 0 aliphatic heterocycles. The van der Waals surface area contributed by atoms with E-state index < -0.39 is 24.0 Å². The quantitative estimate of drug-likeness (QED) is 0.618. The SMILES string of the molecule is CC(C)(C)c1ccc(C[C@@H](NC(=O)CNC(=O)OCc2ccccc2)C(=O)O)cc1. The Bertz CT molecular complexity index is 857. The number of ether oxygens (including phenoxy) is 1. The van der Waals surface area contributed by atoms with Gasteiger partial charge in [0.1, 0.15) is 19.2 Å². The van der Waals surface area contributed by atoms with Crippen molar-refractivity contribution in [3.05, 3.63) is 71.3 Å². The lowest BCUT2D eigenvalue weighted by Gasteiger charge is -2.20. The second-order valence-corrected chi connectivity index (χ2v) is 8.02. The zero-order valence-electron chi connectivity index (χ0n) is 17.5. The molecule has 0 spiro atoms. The summed E-state index contributed by atoms with van der Waals surface area (Å²) in [6.07, 6.45) is -0.608. The Morgan fingerprint density at radius 3 is 2.17 bits per heavy atom. The topological polar surface area (TPSA) is 105 Å². The molecule has 0 unspecified atom stereocenters. The second kappa shape index (κ2) is 10.4. The third-order valence-electron chi connectivity index (χ3n) is 4.50. The lowest BCUT2D eigenvalue weighted by atomic mass is 9.86. The zero-order valence-corrected chi connectivity index (χ0v) is 17.5. The number of nitrogens with one attached hydrogen (secondary N) is 2. The van der Waals surface area contributed by atoms with E-state index in [0.717, 1.165) is 16.7 Å². The highest BCUT2D eigenvalue weighted by Crippen LogP contribution is 2.22. The molecule has 2 amide bonds. The van der Waals surface area contributed by atoms with Gasteiger partial charge >= 0.3 is 12.1 Å². The molecule has 0 aliphatic rings. The van der Waals surface area contributed by atoms with Crippen molar-refractivity contribution in [3.8, 4) is 0 Å². The van der Waals surface area contributed by atoms with Gasteiger partial charge < -0.3 is 20.5 Å². The normalized spacial score (nSPS) is 12.0. The summed E-state index contributed by atoms with van der Waals surface area (Å²) < 4.78 is 5.02. The molecule has 0 heterocycles. The van der Waals surface area contributed by atoms with Gasteiger partial charge in [-0.1, -0.05) is 75.4 Å². The standard InChI is InChI=1S/C23H28N2O5/c1-23(2,3)18-11-9-16(10-12-18)13-19(21(27)28)25-20(26)14-24-22(29)30-15-17-7-5-4-6-8-17/h4-12,19H,13-15H2,1-3H3,(H,24,29)(H,25,26)(H,27,28)/t19-/m1/s1. The number of aliphatic carboxylic acids is 1. The Balaban J connectivity index is 1.82. The van der Waals surface area contributed by atoms with Crippen LogP contribution in [-0.2, 0) is 32.8 Å². The van der Waals surface area contributed by atoms with Gasteiger partial charge in [0.25, 0.3) is 0 Å². The van der Waals surface area contributed by atoms with Crippen LogP contribution in [0.4, 0.5) is 4.79 Å². The summed E-state index contributed by atoms with van der Waals surface area (Å²) in [7, 11) is 0. The van der Waals surface area contributed by atoms with E-state index in [2.05, 4.69) is 31.4 Å². The number of carbonyl (C=O) groups excluding carboxylic acids is 2. The van der Waals surface area contributed by atoms with E-state index in [1.165, 1.54) is 0 Å². The van der Waals surface area contributed by atoms with Crippen LogP contribution in [0.5, 0.6) is 0 Å². The number of benzene rings is 2. The van der Waals surface area contributed by atoms with E-state index in [4.69, 9.17) is 4.74 Å². The molecule has 0 radical (unpaired) electrons. The zero-order chi connectivity index (χ0) is 22.1. The third kappa shape index (κ3) is 7.58. The van der Waals surface area contributed by atoms with Crippen LogP contribution in [0.15, 0.2) is 54.6 Å². The Morgan fingerprint density at radius 2 is 1.60 bits per heavy atom. The number of carboxylic acid groups (broad SMARTS) is 1. The van der Waals surface area contributed by atoms with Crippen LogP contribution < -0.4 is 10.6 Å². The van der Waals surface area contributed by atoms with E-state index in [-0.39, 0.29) is 25.0 Å². The average molecular weight is 412 g/mol. The fraction of sp³-hybridized carbons (Fsp3) is 0.348. The maximum atomic E-state index is 12.1. The molecule has 160 valence electrons. The predicted molar refractivity (Wildman–Crippen MR) is 113 cm³/mol. The van der Waals surface area contributed by atoms with Gasteiger partial charge in [0.2, 0.25) is 5.91 Å². The first-order valence-electron chi connectivity index (χ1n) is 9.71. The summed E-state index contributed by atoms with van der Waals surface area (Å²) >= 11 is 0. The number of hydrogen-bond donors (Lipinski definition) is 3. The molecule has 0 fully saturated rings. The second-order valence-electron chi connectivity index (χ2n) is 8.02. The van der Waals surface area contributed by atoms with E-state index in [0.29, 0.717) is 0 Å². The van der Waals surface area contributed by atoms with Crippen LogP contribution in [0.25, 0.3) is 0 Å². The van der Waals surface area contributed by atoms with E-state index in [1.54, 1.807) is 0 Å². The fourth-order valence-electron chi connectivity index (χ4n) is 2.75. The monoisotopic (exact) mass is 412 g/mol. The lowest BCUT2D eigenvalue weighted by Crippen LogP contribution is -2.46. The third-order valence-corrected chi connectivity index (χ3v) is 4.50. The minimum atomic E-state index is -1.14. The molecule has 2 aromatic rings. The van der Waals surface area contributed by atoms with Gasteiger partial charge in [-0.05, 0) is 22.1 Å². The average Bonchev–Trinajstić information content (AvgIpc) is 2.70. The Kier molecular flexibility index (Phi) is 7.98. The number of amides is 2. The molecule has 7 nitrogen and oxygen atoms in total. The summed E-state index contributed by atoms with van der Waals surface area (Å²) in [6.45, 7) is 6.00. The predicted octanol–water partition coefficient (Wildman–Crippen LogP) is 3.02. The van der Waals surface area contributed by atoms with Crippen molar-refractivity contribution in [3.63, 3.8) is 0 Å². The molecule has 7 heteroatoms. The van der Waals surface area contributed by atoms with E-state index in [1.807, 2.05) is 54.6 Å². The lowest BCUT2D eigenvalue weighted by molar-refractivity contribution is -0.141. The minimum Gasteiger partial charge on any atom is -0.480 e. The van der Waals surface area contributed by atoms with Gasteiger partial charge in [-0.25, -0.2) is 9.59 Å². The van der Waals surface area contributed by atoms with Gasteiger partial charge in [0.05, 0.1) is 0 Å². The van der Waals surface area contributed by atoms with Gasteiger partial charge in [0.15, 0.2) is 0 Å². The molecule has 2 aromatic carbocycles. The molecule has 0 bridgehead atoms. The van der Waals surface area contributed by atoms with Crippen molar-refractivity contribution in [2.45, 2.75) is 45.3 Å². The largest absolute Gasteiger partial charge is 0.480 e. The smallest absolute Gasteiger partial charge is 0.407 e. The van der Waals surface area contributed by atoms with Crippen molar-refractivity contribution in [1.29, 1.82) is 0 Å². The Hall–Kier alpha value is -3.35. The highest BCUT2D eigenvalue weighted by Gasteiger charge is 2.21. The molecular formula is C23H28N2O5.